The van der Waals surface area contributed by atoms with Crippen LogP contribution >= 0.6 is 0 Å². The van der Waals surface area contributed by atoms with Crippen molar-refractivity contribution in [3.05, 3.63) is 17.7 Å². The summed E-state index contributed by atoms with van der Waals surface area (Å²) in [7, 11) is 3.08. The van der Waals surface area contributed by atoms with Crippen molar-refractivity contribution in [2.24, 2.45) is 5.41 Å². The summed E-state index contributed by atoms with van der Waals surface area (Å²) < 4.78 is 10.3. The molecule has 0 unspecified atom stereocenters. The molecule has 0 aliphatic rings. The van der Waals surface area contributed by atoms with Crippen LogP contribution in [0, 0.1) is 5.41 Å². The zero-order valence-corrected chi connectivity index (χ0v) is 10.6. The average Bonchev–Trinajstić information content (AvgIpc) is 2.14. The van der Waals surface area contributed by atoms with Crippen LogP contribution in [-0.2, 0) is 6.42 Å². The fourth-order valence-electron chi connectivity index (χ4n) is 1.71. The van der Waals surface area contributed by atoms with Crippen molar-refractivity contribution in [1.29, 1.82) is 0 Å². The van der Waals surface area contributed by atoms with Crippen molar-refractivity contribution >= 4 is 0 Å². The van der Waals surface area contributed by atoms with Gasteiger partial charge < -0.3 is 14.6 Å². The SMILES string of the molecule is COc1cc(CC(C)(C)C)cc(O)c1OC. The first-order valence-corrected chi connectivity index (χ1v) is 5.31. The summed E-state index contributed by atoms with van der Waals surface area (Å²) in [4.78, 5) is 0. The van der Waals surface area contributed by atoms with Crippen LogP contribution in [0.5, 0.6) is 17.2 Å². The normalized spacial score (nSPS) is 11.3. The van der Waals surface area contributed by atoms with Gasteiger partial charge in [-0.3, -0.25) is 0 Å². The lowest BCUT2D eigenvalue weighted by atomic mass is 9.88. The molecule has 0 aliphatic carbocycles. The van der Waals surface area contributed by atoms with Gasteiger partial charge >= 0.3 is 0 Å². The maximum Gasteiger partial charge on any atom is 0.203 e. The molecule has 90 valence electrons. The summed E-state index contributed by atoms with van der Waals surface area (Å²) in [6, 6.07) is 3.64. The Labute approximate surface area is 97.0 Å². The molecule has 0 atom stereocenters. The van der Waals surface area contributed by atoms with E-state index < -0.39 is 0 Å². The minimum Gasteiger partial charge on any atom is -0.504 e. The topological polar surface area (TPSA) is 38.7 Å². The van der Waals surface area contributed by atoms with Gasteiger partial charge in [0.25, 0.3) is 0 Å². The van der Waals surface area contributed by atoms with Crippen molar-refractivity contribution in [3.8, 4) is 17.2 Å². The van der Waals surface area contributed by atoms with Gasteiger partial charge in [-0.1, -0.05) is 20.8 Å². The highest BCUT2D eigenvalue weighted by Gasteiger charge is 2.16. The van der Waals surface area contributed by atoms with E-state index in [9.17, 15) is 5.11 Å². The van der Waals surface area contributed by atoms with E-state index >= 15 is 0 Å². The van der Waals surface area contributed by atoms with Crippen LogP contribution in [-0.4, -0.2) is 19.3 Å². The van der Waals surface area contributed by atoms with Crippen LogP contribution in [0.25, 0.3) is 0 Å². The number of hydrogen-bond donors (Lipinski definition) is 1. The summed E-state index contributed by atoms with van der Waals surface area (Å²) >= 11 is 0. The quantitative estimate of drug-likeness (QED) is 0.857. The molecule has 1 N–H and O–H groups in total. The van der Waals surface area contributed by atoms with Crippen molar-refractivity contribution < 1.29 is 14.6 Å². The summed E-state index contributed by atoms with van der Waals surface area (Å²) in [5.41, 5.74) is 1.22. The highest BCUT2D eigenvalue weighted by atomic mass is 16.5. The second-order valence-electron chi connectivity index (χ2n) is 5.09. The third-order valence-electron chi connectivity index (χ3n) is 2.25. The van der Waals surface area contributed by atoms with Gasteiger partial charge in [0.05, 0.1) is 14.2 Å². The second kappa shape index (κ2) is 4.64. The molecular weight excluding hydrogens is 204 g/mol. The van der Waals surface area contributed by atoms with E-state index in [0.717, 1.165) is 12.0 Å². The number of benzene rings is 1. The molecule has 1 rings (SSSR count). The Hall–Kier alpha value is -1.38. The molecule has 0 radical (unpaired) electrons. The number of methoxy groups -OCH3 is 2. The predicted molar refractivity (Wildman–Crippen MR) is 64.4 cm³/mol. The monoisotopic (exact) mass is 224 g/mol. The van der Waals surface area contributed by atoms with E-state index in [1.165, 1.54) is 7.11 Å². The van der Waals surface area contributed by atoms with Crippen LogP contribution in [0.3, 0.4) is 0 Å². The van der Waals surface area contributed by atoms with E-state index in [-0.39, 0.29) is 11.2 Å². The highest BCUT2D eigenvalue weighted by Crippen LogP contribution is 2.38. The Bertz CT molecular complexity index is 364. The van der Waals surface area contributed by atoms with Crippen LogP contribution in [0.2, 0.25) is 0 Å². The Balaban J connectivity index is 3.10. The molecule has 0 aliphatic heterocycles. The standard InChI is InChI=1S/C13H20O3/c1-13(2,3)8-9-6-10(14)12(16-5)11(7-9)15-4/h6-7,14H,8H2,1-5H3. The van der Waals surface area contributed by atoms with Gasteiger partial charge in [-0.25, -0.2) is 0 Å². The maximum atomic E-state index is 9.80. The van der Waals surface area contributed by atoms with Gasteiger partial charge in [-0.15, -0.1) is 0 Å². The van der Waals surface area contributed by atoms with E-state index in [0.29, 0.717) is 11.5 Å². The zero-order chi connectivity index (χ0) is 12.3. The van der Waals surface area contributed by atoms with Crippen molar-refractivity contribution in [1.82, 2.24) is 0 Å². The van der Waals surface area contributed by atoms with Crippen molar-refractivity contribution in [3.63, 3.8) is 0 Å². The van der Waals surface area contributed by atoms with Gasteiger partial charge in [0, 0.05) is 0 Å². The number of ether oxygens (including phenoxy) is 2. The van der Waals surface area contributed by atoms with Gasteiger partial charge in [0.1, 0.15) is 0 Å². The molecule has 0 aromatic heterocycles. The van der Waals surface area contributed by atoms with Crippen LogP contribution in [0.1, 0.15) is 26.3 Å². The summed E-state index contributed by atoms with van der Waals surface area (Å²) in [6.07, 6.45) is 0.876. The molecule has 0 spiro atoms. The summed E-state index contributed by atoms with van der Waals surface area (Å²) in [6.45, 7) is 6.46. The van der Waals surface area contributed by atoms with Gasteiger partial charge in [-0.05, 0) is 29.5 Å². The Morgan fingerprint density at radius 3 is 2.19 bits per heavy atom. The summed E-state index contributed by atoms with van der Waals surface area (Å²) in [5, 5.41) is 9.80. The second-order valence-corrected chi connectivity index (χ2v) is 5.09. The van der Waals surface area contributed by atoms with Crippen molar-refractivity contribution in [2.75, 3.05) is 14.2 Å². The van der Waals surface area contributed by atoms with Gasteiger partial charge in [0.2, 0.25) is 5.75 Å². The van der Waals surface area contributed by atoms with Crippen LogP contribution in [0.4, 0.5) is 0 Å². The first-order valence-electron chi connectivity index (χ1n) is 5.31. The molecule has 0 saturated carbocycles. The minimum atomic E-state index is 0.126. The Morgan fingerprint density at radius 1 is 1.12 bits per heavy atom. The number of hydrogen-bond acceptors (Lipinski definition) is 3. The Morgan fingerprint density at radius 2 is 1.75 bits per heavy atom. The molecule has 0 amide bonds. The molecule has 16 heavy (non-hydrogen) atoms. The number of phenolic OH excluding ortho intramolecular Hbond substituents is 1. The zero-order valence-electron chi connectivity index (χ0n) is 10.6. The minimum absolute atomic E-state index is 0.126. The van der Waals surface area contributed by atoms with Crippen molar-refractivity contribution in [2.45, 2.75) is 27.2 Å². The fraction of sp³-hybridized carbons (Fsp3) is 0.538. The number of phenols is 1. The van der Waals surface area contributed by atoms with Gasteiger partial charge in [-0.2, -0.15) is 0 Å². The predicted octanol–water partition coefficient (Wildman–Crippen LogP) is 3.00. The third-order valence-corrected chi connectivity index (χ3v) is 2.25. The fourth-order valence-corrected chi connectivity index (χ4v) is 1.71. The number of rotatable bonds is 3. The molecule has 3 heteroatoms. The van der Waals surface area contributed by atoms with E-state index in [4.69, 9.17) is 9.47 Å². The smallest absolute Gasteiger partial charge is 0.203 e. The maximum absolute atomic E-state index is 9.80. The van der Waals surface area contributed by atoms with Crippen LogP contribution < -0.4 is 9.47 Å². The summed E-state index contributed by atoms with van der Waals surface area (Å²) in [5.74, 6) is 1.09. The first-order chi connectivity index (χ1) is 7.37. The van der Waals surface area contributed by atoms with E-state index in [1.54, 1.807) is 13.2 Å². The Kier molecular flexibility index (Phi) is 3.68. The molecular formula is C13H20O3. The lowest BCUT2D eigenvalue weighted by molar-refractivity contribution is 0.331. The largest absolute Gasteiger partial charge is 0.504 e. The number of aromatic hydroxyl groups is 1. The van der Waals surface area contributed by atoms with Crippen LogP contribution in [0.15, 0.2) is 12.1 Å². The first kappa shape index (κ1) is 12.7. The lowest BCUT2D eigenvalue weighted by Crippen LogP contribution is -2.09. The highest BCUT2D eigenvalue weighted by molar-refractivity contribution is 5.53. The average molecular weight is 224 g/mol. The molecule has 0 fully saturated rings. The molecule has 0 heterocycles. The third kappa shape index (κ3) is 3.05. The van der Waals surface area contributed by atoms with Gasteiger partial charge in [0.15, 0.2) is 11.5 Å². The molecule has 1 aromatic rings. The molecule has 3 nitrogen and oxygen atoms in total. The molecule has 1 aromatic carbocycles. The van der Waals surface area contributed by atoms with E-state index in [2.05, 4.69) is 20.8 Å². The molecule has 0 saturated heterocycles. The lowest BCUT2D eigenvalue weighted by Gasteiger charge is -2.19. The van der Waals surface area contributed by atoms with E-state index in [1.807, 2.05) is 6.07 Å². The molecule has 0 bridgehead atoms.